The molecule has 0 radical (unpaired) electrons. The van der Waals surface area contributed by atoms with Gasteiger partial charge < -0.3 is 13.7 Å². The molecule has 1 aromatic heterocycles. The van der Waals surface area contributed by atoms with E-state index in [0.29, 0.717) is 6.07 Å². The first-order chi connectivity index (χ1) is 15.1. The van der Waals surface area contributed by atoms with Crippen molar-refractivity contribution >= 4 is 52.8 Å². The Bertz CT molecular complexity index is 1740. The minimum absolute atomic E-state index is 0. The average molecular weight is 579 g/mol. The summed E-state index contributed by atoms with van der Waals surface area (Å²) in [7, 11) is -15.4. The number of hydrogen-bond acceptors (Lipinski definition) is 12. The SMILES string of the molecule is O=C1c2ccc(S(=O)(=O)[O-])cc2C(=O)C1c1ccc2cc(S(=O)(=O)[O-])cc(S(=O)(=O)[O-])c2n1.[Na+].[Na+].[Na+]. The van der Waals surface area contributed by atoms with Gasteiger partial charge in [0.25, 0.3) is 0 Å². The number of rotatable bonds is 4. The van der Waals surface area contributed by atoms with E-state index in [0.717, 1.165) is 36.4 Å². The second-order valence-electron chi connectivity index (χ2n) is 6.96. The first-order valence-electron chi connectivity index (χ1n) is 8.64. The smallest absolute Gasteiger partial charge is 0.744 e. The minimum atomic E-state index is -5.34. The molecule has 1 heterocycles. The van der Waals surface area contributed by atoms with Crippen molar-refractivity contribution in [2.75, 3.05) is 0 Å². The third kappa shape index (κ3) is 6.38. The number of ketones is 2. The van der Waals surface area contributed by atoms with Crippen LogP contribution in [0.15, 0.2) is 57.2 Å². The summed E-state index contributed by atoms with van der Waals surface area (Å²) in [4.78, 5) is 26.6. The van der Waals surface area contributed by atoms with Crippen LogP contribution >= 0.6 is 0 Å². The van der Waals surface area contributed by atoms with E-state index in [2.05, 4.69) is 4.98 Å². The molecule has 1 aliphatic carbocycles. The van der Waals surface area contributed by atoms with Crippen molar-refractivity contribution in [3.05, 3.63) is 59.3 Å². The van der Waals surface area contributed by atoms with Crippen molar-refractivity contribution in [1.29, 1.82) is 0 Å². The molecule has 0 N–H and O–H groups in total. The Kier molecular flexibility index (Phi) is 10.9. The molecule has 1 aliphatic rings. The summed E-state index contributed by atoms with van der Waals surface area (Å²) in [6.07, 6.45) is 0. The minimum Gasteiger partial charge on any atom is -0.744 e. The first kappa shape index (κ1) is 33.9. The van der Waals surface area contributed by atoms with E-state index in [-0.39, 0.29) is 111 Å². The maximum Gasteiger partial charge on any atom is 1.00 e. The van der Waals surface area contributed by atoms with Gasteiger partial charge in [0, 0.05) is 16.5 Å². The van der Waals surface area contributed by atoms with Crippen molar-refractivity contribution < 1.29 is 137 Å². The number of nitrogens with zero attached hydrogens (tertiary/aromatic N) is 1. The normalized spacial score (nSPS) is 15.5. The molecule has 3 aromatic rings. The number of carbonyl (C=O) groups excluding carboxylic acids is 2. The monoisotopic (exact) mass is 579 g/mol. The van der Waals surface area contributed by atoms with Crippen molar-refractivity contribution in [3.8, 4) is 0 Å². The van der Waals surface area contributed by atoms with Gasteiger partial charge in [-0.15, -0.1) is 0 Å². The molecule has 0 fully saturated rings. The van der Waals surface area contributed by atoms with Crippen molar-refractivity contribution in [2.45, 2.75) is 20.6 Å². The molecule has 0 amide bonds. The van der Waals surface area contributed by atoms with Gasteiger partial charge in [0.2, 0.25) is 0 Å². The van der Waals surface area contributed by atoms with Crippen LogP contribution in [0.4, 0.5) is 0 Å². The molecule has 0 aliphatic heterocycles. The summed E-state index contributed by atoms with van der Waals surface area (Å²) in [5.41, 5.74) is -1.44. The van der Waals surface area contributed by atoms with E-state index >= 15 is 0 Å². The second kappa shape index (κ2) is 11.6. The maximum atomic E-state index is 12.8. The van der Waals surface area contributed by atoms with Crippen molar-refractivity contribution in [2.24, 2.45) is 0 Å². The van der Waals surface area contributed by atoms with Crippen LogP contribution in [-0.4, -0.2) is 55.5 Å². The second-order valence-corrected chi connectivity index (χ2v) is 11.1. The number of benzene rings is 2. The molecule has 2 aromatic carbocycles. The van der Waals surface area contributed by atoms with E-state index in [1.807, 2.05) is 0 Å². The van der Waals surface area contributed by atoms with Crippen LogP contribution in [0, 0.1) is 0 Å². The standard InChI is InChI=1S/C18H11NO11S3.3Na/c20-17-11-3-2-9(31(22,23)24)6-12(11)18(21)15(17)13-4-1-8-5-10(32(25,26)27)7-14(16(8)19-13)33(28,29)30;;;/h1-7,15H,(H,22,23,24)(H,25,26,27)(H,28,29,30);;;/q;3*+1/p-3. The number of Topliss-reactive ketones (excluding diaryl/α,β-unsaturated/α-hetero) is 2. The Morgan fingerprint density at radius 2 is 1.19 bits per heavy atom. The molecule has 0 saturated carbocycles. The summed E-state index contributed by atoms with van der Waals surface area (Å²) >= 11 is 0. The number of hydrogen-bond donors (Lipinski definition) is 0. The molecular weight excluding hydrogens is 571 g/mol. The number of aromatic nitrogens is 1. The summed E-state index contributed by atoms with van der Waals surface area (Å²) in [5.74, 6) is -3.38. The van der Waals surface area contributed by atoms with Crippen molar-refractivity contribution in [1.82, 2.24) is 4.98 Å². The van der Waals surface area contributed by atoms with E-state index in [9.17, 15) is 48.5 Å². The van der Waals surface area contributed by atoms with E-state index in [4.69, 9.17) is 0 Å². The number of carbonyl (C=O) groups is 2. The fourth-order valence-electron chi connectivity index (χ4n) is 3.48. The quantitative estimate of drug-likeness (QED) is 0.160. The van der Waals surface area contributed by atoms with Gasteiger partial charge in [0.1, 0.15) is 36.3 Å². The summed E-state index contributed by atoms with van der Waals surface area (Å²) in [6, 6.07) is 5.86. The van der Waals surface area contributed by atoms with Crippen LogP contribution in [0.25, 0.3) is 10.9 Å². The third-order valence-electron chi connectivity index (χ3n) is 4.94. The molecule has 172 valence electrons. The molecule has 1 unspecified atom stereocenters. The third-order valence-corrected chi connectivity index (χ3v) is 7.44. The zero-order valence-corrected chi connectivity index (χ0v) is 27.2. The van der Waals surface area contributed by atoms with E-state index in [1.165, 1.54) is 0 Å². The molecule has 0 saturated heterocycles. The summed E-state index contributed by atoms with van der Waals surface area (Å²) < 4.78 is 103. The fraction of sp³-hybridized carbons (Fsp3) is 0.0556. The van der Waals surface area contributed by atoms with Gasteiger partial charge in [0.15, 0.2) is 11.6 Å². The van der Waals surface area contributed by atoms with Gasteiger partial charge in [-0.2, -0.15) is 0 Å². The molecule has 4 rings (SSSR count). The molecule has 0 bridgehead atoms. The molecule has 36 heavy (non-hydrogen) atoms. The summed E-state index contributed by atoms with van der Waals surface area (Å²) in [5, 5.41) is -0.236. The Morgan fingerprint density at radius 3 is 1.72 bits per heavy atom. The Balaban J connectivity index is 0.00000216. The topological polar surface area (TPSA) is 219 Å². The predicted molar refractivity (Wildman–Crippen MR) is 103 cm³/mol. The van der Waals surface area contributed by atoms with E-state index < -0.39 is 68.0 Å². The van der Waals surface area contributed by atoms with Crippen LogP contribution < -0.4 is 88.7 Å². The van der Waals surface area contributed by atoms with Gasteiger partial charge in [-0.3, -0.25) is 14.6 Å². The van der Waals surface area contributed by atoms with Gasteiger partial charge in [0.05, 0.1) is 25.9 Å². The molecular formula is C18H8NNa3O11S3. The predicted octanol–water partition coefficient (Wildman–Crippen LogP) is -8.88. The average Bonchev–Trinajstić information content (AvgIpc) is 2.94. The van der Waals surface area contributed by atoms with E-state index in [1.54, 1.807) is 0 Å². The molecule has 18 heteroatoms. The Labute approximate surface area is 271 Å². The Morgan fingerprint density at radius 1 is 0.639 bits per heavy atom. The van der Waals surface area contributed by atoms with Crippen LogP contribution in [-0.2, 0) is 30.4 Å². The maximum absolute atomic E-state index is 12.8. The molecule has 0 spiro atoms. The first-order valence-corrected chi connectivity index (χ1v) is 12.9. The zero-order valence-electron chi connectivity index (χ0n) is 18.8. The van der Waals surface area contributed by atoms with Crippen LogP contribution in [0.5, 0.6) is 0 Å². The number of fused-ring (bicyclic) bond motifs is 2. The van der Waals surface area contributed by atoms with Crippen LogP contribution in [0.1, 0.15) is 32.3 Å². The van der Waals surface area contributed by atoms with Gasteiger partial charge in [-0.25, -0.2) is 25.3 Å². The molecule has 12 nitrogen and oxygen atoms in total. The zero-order chi connectivity index (χ0) is 24.5. The Hall–Kier alpha value is -0.0800. The molecule has 1 atom stereocenters. The fourth-order valence-corrected chi connectivity index (χ4v) is 5.26. The van der Waals surface area contributed by atoms with Gasteiger partial charge >= 0.3 is 88.7 Å². The van der Waals surface area contributed by atoms with Crippen molar-refractivity contribution in [3.63, 3.8) is 0 Å². The number of pyridine rings is 1. The van der Waals surface area contributed by atoms with Gasteiger partial charge in [-0.1, -0.05) is 6.07 Å². The van der Waals surface area contributed by atoms with Crippen LogP contribution in [0.2, 0.25) is 0 Å². The van der Waals surface area contributed by atoms with Crippen LogP contribution in [0.3, 0.4) is 0 Å². The summed E-state index contributed by atoms with van der Waals surface area (Å²) in [6.45, 7) is 0. The largest absolute Gasteiger partial charge is 1.00 e. The van der Waals surface area contributed by atoms with Gasteiger partial charge in [-0.05, 0) is 36.4 Å².